The summed E-state index contributed by atoms with van der Waals surface area (Å²) in [5, 5.41) is 3.68. The molecule has 1 saturated carbocycles. The van der Waals surface area contributed by atoms with Gasteiger partial charge < -0.3 is 17.3 Å². The number of benzene rings is 1. The van der Waals surface area contributed by atoms with Crippen molar-refractivity contribution in [3.05, 3.63) is 49.9 Å². The van der Waals surface area contributed by atoms with Crippen LogP contribution in [0.4, 0.5) is 17.3 Å². The van der Waals surface area contributed by atoms with Crippen molar-refractivity contribution in [2.45, 2.75) is 127 Å². The molecule has 1 aromatic rings. The van der Waals surface area contributed by atoms with Gasteiger partial charge in [0.25, 0.3) is 0 Å². The van der Waals surface area contributed by atoms with Crippen molar-refractivity contribution >= 4 is 33.7 Å². The molecule has 0 unspecified atom stereocenters. The maximum Gasteiger partial charge on any atom is 0.673 e. The Morgan fingerprint density at radius 2 is 0.816 bits per heavy atom. The molecule has 0 bridgehead atoms. The van der Waals surface area contributed by atoms with E-state index in [2.05, 4.69) is 77.6 Å². The Morgan fingerprint density at radius 1 is 0.579 bits per heavy atom. The van der Waals surface area contributed by atoms with E-state index in [4.69, 9.17) is 0 Å². The Morgan fingerprint density at radius 3 is 1.03 bits per heavy atom. The number of hydrogen-bond acceptors (Lipinski definition) is 0. The van der Waals surface area contributed by atoms with Gasteiger partial charge in [-0.2, -0.15) is 0 Å². The molecular weight excluding hydrogens is 612 g/mol. The molecule has 0 N–H and O–H groups in total. The summed E-state index contributed by atoms with van der Waals surface area (Å²) in [7, 11) is -5.87. The SMILES string of the molecule is CC[C@@H]1CC[C@@H](CC)P1c1ccccc1P1[C@@H](CC)CC[C@@H]1CC.F[B-](F)(F)F.[CH]1[CH]CC[CH][CH]CC1.[Rh]. The second kappa shape index (κ2) is 19.6. The van der Waals surface area contributed by atoms with Crippen LogP contribution in [0.5, 0.6) is 0 Å². The van der Waals surface area contributed by atoms with Crippen molar-refractivity contribution in [2.24, 2.45) is 0 Å². The molecule has 3 fully saturated rings. The molecule has 2 heterocycles. The van der Waals surface area contributed by atoms with E-state index in [-0.39, 0.29) is 35.3 Å². The summed E-state index contributed by atoms with van der Waals surface area (Å²) in [6.45, 7) is 9.74. The van der Waals surface area contributed by atoms with Gasteiger partial charge in [0.1, 0.15) is 0 Å². The van der Waals surface area contributed by atoms with E-state index in [1.165, 1.54) is 77.0 Å². The predicted molar refractivity (Wildman–Crippen MR) is 160 cm³/mol. The number of hydrogen-bond donors (Lipinski definition) is 0. The molecular formula is C30H48BF4P2Rh-. The van der Waals surface area contributed by atoms with Crippen LogP contribution >= 0.6 is 15.8 Å². The smallest absolute Gasteiger partial charge is 0.418 e. The Balaban J connectivity index is 0.000000427. The third kappa shape index (κ3) is 12.2. The van der Waals surface area contributed by atoms with Crippen LogP contribution in [0, 0.1) is 25.7 Å². The van der Waals surface area contributed by atoms with E-state index < -0.39 is 7.25 Å². The summed E-state index contributed by atoms with van der Waals surface area (Å²) in [6.07, 6.45) is 25.5. The van der Waals surface area contributed by atoms with Crippen molar-refractivity contribution < 1.29 is 36.7 Å². The van der Waals surface area contributed by atoms with Crippen LogP contribution in [0.25, 0.3) is 0 Å². The van der Waals surface area contributed by atoms with Gasteiger partial charge in [0, 0.05) is 19.5 Å². The van der Waals surface area contributed by atoms with Crippen LogP contribution < -0.4 is 10.6 Å². The summed E-state index contributed by atoms with van der Waals surface area (Å²) in [4.78, 5) is 0. The van der Waals surface area contributed by atoms with Gasteiger partial charge in [-0.15, -0.1) is 0 Å². The molecule has 5 radical (unpaired) electrons. The molecule has 4 atom stereocenters. The van der Waals surface area contributed by atoms with Crippen molar-refractivity contribution in [3.8, 4) is 0 Å². The van der Waals surface area contributed by atoms with E-state index >= 15 is 0 Å². The first-order valence-electron chi connectivity index (χ1n) is 14.6. The van der Waals surface area contributed by atoms with Crippen LogP contribution in [0.15, 0.2) is 24.3 Å². The van der Waals surface area contributed by atoms with E-state index in [9.17, 15) is 17.3 Å². The molecule has 1 aromatic carbocycles. The largest absolute Gasteiger partial charge is 0.673 e. The second-order valence-corrected chi connectivity index (χ2v) is 15.8. The minimum Gasteiger partial charge on any atom is -0.418 e. The van der Waals surface area contributed by atoms with Gasteiger partial charge >= 0.3 is 7.25 Å². The van der Waals surface area contributed by atoms with Crippen LogP contribution in [0.3, 0.4) is 0 Å². The third-order valence-corrected chi connectivity index (χ3v) is 15.6. The summed E-state index contributed by atoms with van der Waals surface area (Å²) in [6, 6.07) is 9.79. The molecule has 8 heteroatoms. The fourth-order valence-electron chi connectivity index (χ4n) is 6.07. The molecule has 3 aliphatic rings. The van der Waals surface area contributed by atoms with Crippen LogP contribution in [0.2, 0.25) is 0 Å². The predicted octanol–water partition coefficient (Wildman–Crippen LogP) is 10.3. The molecule has 0 aromatic heterocycles. The Kier molecular flexibility index (Phi) is 18.8. The van der Waals surface area contributed by atoms with E-state index in [0.29, 0.717) is 0 Å². The van der Waals surface area contributed by atoms with Gasteiger partial charge in [-0.25, -0.2) is 0 Å². The van der Waals surface area contributed by atoms with Crippen molar-refractivity contribution in [2.75, 3.05) is 0 Å². The average Bonchev–Trinajstić information content (AvgIpc) is 3.46. The van der Waals surface area contributed by atoms with Crippen molar-refractivity contribution in [3.63, 3.8) is 0 Å². The minimum absolute atomic E-state index is 0. The monoisotopic (exact) mass is 660 g/mol. The molecule has 0 nitrogen and oxygen atoms in total. The zero-order chi connectivity index (χ0) is 27.3. The molecule has 38 heavy (non-hydrogen) atoms. The number of rotatable bonds is 6. The maximum absolute atomic E-state index is 9.75. The van der Waals surface area contributed by atoms with Crippen molar-refractivity contribution in [1.29, 1.82) is 0 Å². The quantitative estimate of drug-likeness (QED) is 0.162. The molecule has 219 valence electrons. The van der Waals surface area contributed by atoms with Gasteiger partial charge in [-0.3, -0.25) is 0 Å². The molecule has 0 spiro atoms. The van der Waals surface area contributed by atoms with E-state index in [0.717, 1.165) is 22.6 Å². The first-order chi connectivity index (χ1) is 17.7. The third-order valence-electron chi connectivity index (χ3n) is 7.90. The fourth-order valence-corrected chi connectivity index (χ4v) is 14.0. The zero-order valence-electron chi connectivity index (χ0n) is 23.7. The molecule has 1 aliphatic carbocycles. The summed E-state index contributed by atoms with van der Waals surface area (Å²) in [5.41, 5.74) is 3.96. The van der Waals surface area contributed by atoms with Gasteiger partial charge in [0.2, 0.25) is 0 Å². The topological polar surface area (TPSA) is 0 Å². The Labute approximate surface area is 247 Å². The molecule has 4 rings (SSSR count). The molecule has 0 amide bonds. The van der Waals surface area contributed by atoms with E-state index in [1.807, 2.05) is 10.6 Å². The van der Waals surface area contributed by atoms with Crippen LogP contribution in [-0.2, 0) is 19.5 Å². The second-order valence-electron chi connectivity index (χ2n) is 10.3. The van der Waals surface area contributed by atoms with Crippen LogP contribution in [0.1, 0.15) is 105 Å². The van der Waals surface area contributed by atoms with Gasteiger partial charge in [-0.1, -0.05) is 67.8 Å². The van der Waals surface area contributed by atoms with Crippen LogP contribution in [-0.4, -0.2) is 29.9 Å². The van der Waals surface area contributed by atoms with Gasteiger partial charge in [0.15, 0.2) is 0 Å². The Hall–Kier alpha value is 0.488. The van der Waals surface area contributed by atoms with Gasteiger partial charge in [0.05, 0.1) is 0 Å². The fraction of sp³-hybridized carbons (Fsp3) is 0.667. The molecule has 2 aliphatic heterocycles. The molecule has 2 saturated heterocycles. The number of halogens is 4. The zero-order valence-corrected chi connectivity index (χ0v) is 27.2. The summed E-state index contributed by atoms with van der Waals surface area (Å²) < 4.78 is 39.0. The Bertz CT molecular complexity index is 650. The standard InChI is InChI=1S/C22H36P2.C8H12.BF4.Rh/c1-5-17-13-14-18(6-2)23(17)21-11-9-10-12-22(21)24-19(7-3)15-16-20(24)8-4;1-2-4-6-8-7-5-3-1;2-1(3,4)5;/h9-12,17-20H,5-8,13-16H2,1-4H3;1-2,7-8H,3-6H2;;/q;;-1;/t17-,18-,19+,20+;;;. The normalized spacial score (nSPS) is 26.7. The first kappa shape index (κ1) is 36.5. The summed E-state index contributed by atoms with van der Waals surface area (Å²) in [5.74, 6) is 0. The first-order valence-corrected chi connectivity index (χ1v) is 17.5. The maximum atomic E-state index is 9.75. The minimum atomic E-state index is -6.00. The average molecular weight is 660 g/mol. The van der Waals surface area contributed by atoms with Gasteiger partial charge in [-0.05, 0) is 136 Å². The van der Waals surface area contributed by atoms with Crippen molar-refractivity contribution in [1.82, 2.24) is 0 Å². The van der Waals surface area contributed by atoms with E-state index in [1.54, 1.807) is 0 Å². The summed E-state index contributed by atoms with van der Waals surface area (Å²) >= 11 is 0.